The van der Waals surface area contributed by atoms with E-state index in [4.69, 9.17) is 18.9 Å². The molecule has 6 bridgehead atoms. The summed E-state index contributed by atoms with van der Waals surface area (Å²) < 4.78 is 25.6. The molecular weight excluding hydrogens is 400 g/mol. The topological polar surface area (TPSA) is 36.9 Å². The molecule has 0 N–H and O–H groups in total. The lowest BCUT2D eigenvalue weighted by molar-refractivity contribution is 0.292. The zero-order valence-electron chi connectivity index (χ0n) is 17.1. The lowest BCUT2D eigenvalue weighted by atomic mass is 9.99. The van der Waals surface area contributed by atoms with Crippen molar-refractivity contribution in [3.05, 3.63) is 96.1 Å². The van der Waals surface area contributed by atoms with Crippen molar-refractivity contribution in [3.8, 4) is 34.5 Å². The van der Waals surface area contributed by atoms with Crippen LogP contribution in [-0.2, 0) is 13.2 Å². The molecule has 0 spiro atoms. The zero-order valence-corrected chi connectivity index (χ0v) is 17.1. The summed E-state index contributed by atoms with van der Waals surface area (Å²) in [4.78, 5) is 0. The Kier molecular flexibility index (Phi) is 3.64. The third-order valence-corrected chi connectivity index (χ3v) is 6.07. The van der Waals surface area contributed by atoms with Crippen LogP contribution in [0.3, 0.4) is 0 Å². The number of fused-ring (bicyclic) bond motifs is 3. The number of hydrogen-bond acceptors (Lipinski definition) is 4. The van der Waals surface area contributed by atoms with Crippen LogP contribution in [0.5, 0.6) is 34.5 Å². The Hall–Kier alpha value is -4.18. The molecule has 6 aliphatic rings. The fourth-order valence-electron chi connectivity index (χ4n) is 4.48. The molecule has 0 saturated carbocycles. The maximum absolute atomic E-state index is 6.50. The monoisotopic (exact) mass is 418 g/mol. The van der Waals surface area contributed by atoms with Crippen LogP contribution in [0.2, 0.25) is 0 Å². The van der Waals surface area contributed by atoms with Crippen molar-refractivity contribution in [1.82, 2.24) is 0 Å². The standard InChI is InChI=1S/C28H18O4/c1-2-4-22-21(3-1)26-23-13-14-24-28(30-16-18-5-9-19(31-24)10-6-18)25(23)27(22)29-15-17-7-11-20(32-26)12-8-17/h1-14H,15-16H2. The van der Waals surface area contributed by atoms with Crippen LogP contribution in [0, 0.1) is 0 Å². The second-order valence-corrected chi connectivity index (χ2v) is 8.09. The average Bonchev–Trinajstić information content (AvgIpc) is 2.92. The van der Waals surface area contributed by atoms with Crippen molar-refractivity contribution in [1.29, 1.82) is 0 Å². The summed E-state index contributed by atoms with van der Waals surface area (Å²) in [5.41, 5.74) is 2.15. The van der Waals surface area contributed by atoms with E-state index in [0.29, 0.717) is 24.7 Å². The van der Waals surface area contributed by atoms with Gasteiger partial charge in [0.2, 0.25) is 0 Å². The second-order valence-electron chi connectivity index (χ2n) is 8.09. The predicted molar refractivity (Wildman–Crippen MR) is 123 cm³/mol. The van der Waals surface area contributed by atoms with Gasteiger partial charge in [0.15, 0.2) is 11.5 Å². The van der Waals surface area contributed by atoms with Crippen molar-refractivity contribution in [2.45, 2.75) is 13.2 Å². The van der Waals surface area contributed by atoms with Crippen LogP contribution in [0.25, 0.3) is 21.5 Å². The van der Waals surface area contributed by atoms with E-state index in [2.05, 4.69) is 12.1 Å². The first-order chi connectivity index (χ1) is 15.8. The first-order valence-electron chi connectivity index (χ1n) is 10.6. The van der Waals surface area contributed by atoms with Crippen LogP contribution in [0.15, 0.2) is 84.9 Å². The third kappa shape index (κ3) is 2.63. The summed E-state index contributed by atoms with van der Waals surface area (Å²) in [6, 6.07) is 28.2. The van der Waals surface area contributed by atoms with Crippen LogP contribution in [0.1, 0.15) is 11.1 Å². The van der Waals surface area contributed by atoms with Gasteiger partial charge in [-0.1, -0.05) is 48.5 Å². The Morgan fingerprint density at radius 2 is 1.06 bits per heavy atom. The summed E-state index contributed by atoms with van der Waals surface area (Å²) in [6.07, 6.45) is 0. The smallest absolute Gasteiger partial charge is 0.174 e. The molecule has 6 heterocycles. The second kappa shape index (κ2) is 6.66. The van der Waals surface area contributed by atoms with Crippen molar-refractivity contribution < 1.29 is 18.9 Å². The van der Waals surface area contributed by atoms with Crippen molar-refractivity contribution >= 4 is 21.5 Å². The summed E-state index contributed by atoms with van der Waals surface area (Å²) >= 11 is 0. The van der Waals surface area contributed by atoms with Gasteiger partial charge in [0.05, 0.1) is 5.39 Å². The van der Waals surface area contributed by atoms with Crippen molar-refractivity contribution in [2.24, 2.45) is 0 Å². The molecular formula is C28H18O4. The first kappa shape index (κ1) is 17.5. The molecule has 0 atom stereocenters. The van der Waals surface area contributed by atoms with Gasteiger partial charge in [0, 0.05) is 16.2 Å². The summed E-state index contributed by atoms with van der Waals surface area (Å²) in [7, 11) is 0. The van der Waals surface area contributed by atoms with Gasteiger partial charge in [-0.25, -0.2) is 0 Å². The summed E-state index contributed by atoms with van der Waals surface area (Å²) in [5, 5.41) is 3.76. The molecule has 5 aromatic rings. The van der Waals surface area contributed by atoms with E-state index < -0.39 is 0 Å². The van der Waals surface area contributed by atoms with Crippen molar-refractivity contribution in [3.63, 3.8) is 0 Å². The highest BCUT2D eigenvalue weighted by atomic mass is 16.5. The Morgan fingerprint density at radius 3 is 1.75 bits per heavy atom. The first-order valence-corrected chi connectivity index (χ1v) is 10.6. The van der Waals surface area contributed by atoms with Crippen LogP contribution >= 0.6 is 0 Å². The van der Waals surface area contributed by atoms with Gasteiger partial charge >= 0.3 is 0 Å². The van der Waals surface area contributed by atoms with Gasteiger partial charge < -0.3 is 18.9 Å². The summed E-state index contributed by atoms with van der Waals surface area (Å²) in [6.45, 7) is 0.886. The van der Waals surface area contributed by atoms with E-state index >= 15 is 0 Å². The molecule has 0 radical (unpaired) electrons. The normalized spacial score (nSPS) is 13.8. The maximum Gasteiger partial charge on any atom is 0.174 e. The van der Waals surface area contributed by atoms with Crippen LogP contribution in [0.4, 0.5) is 0 Å². The third-order valence-electron chi connectivity index (χ3n) is 6.07. The minimum Gasteiger partial charge on any atom is -0.487 e. The molecule has 0 amide bonds. The highest BCUT2D eigenvalue weighted by Gasteiger charge is 2.24. The number of ether oxygens (including phenoxy) is 4. The van der Waals surface area contributed by atoms with E-state index in [-0.39, 0.29) is 0 Å². The van der Waals surface area contributed by atoms with Crippen molar-refractivity contribution in [2.75, 3.05) is 0 Å². The van der Waals surface area contributed by atoms with E-state index in [1.165, 1.54) is 0 Å². The molecule has 6 aliphatic heterocycles. The van der Waals surface area contributed by atoms with E-state index in [1.807, 2.05) is 72.8 Å². The van der Waals surface area contributed by atoms with Gasteiger partial charge in [0.25, 0.3) is 0 Å². The minimum absolute atomic E-state index is 0.441. The molecule has 4 nitrogen and oxygen atoms in total. The van der Waals surface area contributed by atoms with E-state index in [9.17, 15) is 0 Å². The molecule has 0 fully saturated rings. The number of rotatable bonds is 0. The summed E-state index contributed by atoms with van der Waals surface area (Å²) in [5.74, 6) is 4.44. The predicted octanol–water partition coefficient (Wildman–Crippen LogP) is 7.36. The Bertz CT molecular complexity index is 1500. The van der Waals surface area contributed by atoms with Gasteiger partial charge in [-0.15, -0.1) is 0 Å². The van der Waals surface area contributed by atoms with Gasteiger partial charge in [-0.3, -0.25) is 0 Å². The lowest BCUT2D eigenvalue weighted by Gasteiger charge is -2.20. The minimum atomic E-state index is 0.441. The van der Waals surface area contributed by atoms with Crippen LogP contribution in [-0.4, -0.2) is 0 Å². The van der Waals surface area contributed by atoms with E-state index in [1.54, 1.807) is 0 Å². The Labute approximate surface area is 184 Å². The van der Waals surface area contributed by atoms with E-state index in [0.717, 1.165) is 55.7 Å². The van der Waals surface area contributed by atoms with Crippen LogP contribution < -0.4 is 18.9 Å². The number of benzene rings is 5. The molecule has 4 heteroatoms. The SMILES string of the molecule is c1ccc2c3c4c5c(ccc4c(c2c1)Oc1ccc(cc1)CO3)Oc1ccc(cc1)CO5. The quantitative estimate of drug-likeness (QED) is 0.246. The molecule has 5 aromatic carbocycles. The molecule has 0 aliphatic carbocycles. The van der Waals surface area contributed by atoms with Gasteiger partial charge in [-0.2, -0.15) is 0 Å². The molecule has 0 saturated heterocycles. The Balaban J connectivity index is 1.60. The maximum atomic E-state index is 6.50. The zero-order chi connectivity index (χ0) is 21.1. The van der Waals surface area contributed by atoms with Gasteiger partial charge in [0.1, 0.15) is 36.2 Å². The Morgan fingerprint density at radius 1 is 0.469 bits per heavy atom. The fraction of sp³-hybridized carbons (Fsp3) is 0.0714. The molecule has 154 valence electrons. The van der Waals surface area contributed by atoms with Gasteiger partial charge in [-0.05, 0) is 47.5 Å². The highest BCUT2D eigenvalue weighted by molar-refractivity contribution is 6.14. The molecule has 11 rings (SSSR count). The molecule has 0 aromatic heterocycles. The largest absolute Gasteiger partial charge is 0.487 e. The molecule has 0 unspecified atom stereocenters. The molecule has 32 heavy (non-hydrogen) atoms. The number of hydrogen-bond donors (Lipinski definition) is 0. The lowest BCUT2D eigenvalue weighted by Crippen LogP contribution is -2.00. The fourth-order valence-corrected chi connectivity index (χ4v) is 4.48. The average molecular weight is 418 g/mol. The highest BCUT2D eigenvalue weighted by Crippen LogP contribution is 2.52.